The first-order chi connectivity index (χ1) is 23.5. The first-order valence-corrected chi connectivity index (χ1v) is 19.3. The summed E-state index contributed by atoms with van der Waals surface area (Å²) in [6, 6.07) is 2.47. The lowest BCUT2D eigenvalue weighted by Crippen LogP contribution is -2.61. The Hall–Kier alpha value is -3.81. The summed E-state index contributed by atoms with van der Waals surface area (Å²) in [7, 11) is -4.13. The fourth-order valence-electron chi connectivity index (χ4n) is 8.12. The Labute approximate surface area is 300 Å². The number of rotatable bonds is 12. The predicted octanol–water partition coefficient (Wildman–Crippen LogP) is 3.26. The van der Waals surface area contributed by atoms with Gasteiger partial charge in [-0.05, 0) is 52.6 Å². The smallest absolute Gasteiger partial charge is 0.315 e. The molecule has 51 heavy (non-hydrogen) atoms. The Bertz CT molecular complexity index is 1740. The number of piperidine rings is 1. The third-order valence-corrected chi connectivity index (χ3v) is 13.5. The summed E-state index contributed by atoms with van der Waals surface area (Å²) < 4.78 is 27.4. The molecule has 280 valence electrons. The van der Waals surface area contributed by atoms with Gasteiger partial charge in [-0.2, -0.15) is 0 Å². The first-order valence-electron chi connectivity index (χ1n) is 17.9. The van der Waals surface area contributed by atoms with Crippen molar-refractivity contribution in [3.05, 3.63) is 29.8 Å². The van der Waals surface area contributed by atoms with Crippen LogP contribution in [0, 0.1) is 39.9 Å². The van der Waals surface area contributed by atoms with E-state index in [0.29, 0.717) is 13.0 Å². The SMILES string of the molecule is CC(C)(C)[C@H](NC(=O)N[C@H](CN1C(=O)c2ccccc2S1(=O)=O)C(C)(C)C)C(=O)N1C[C@H]2[C@@H]([C@H]1C(=O)CC(CC1CCC1)C(=O)C(N)=O)C2(C)C. The maximum atomic E-state index is 14.5. The summed E-state index contributed by atoms with van der Waals surface area (Å²) in [6.07, 6.45) is 3.11. The van der Waals surface area contributed by atoms with Gasteiger partial charge in [-0.1, -0.05) is 86.8 Å². The van der Waals surface area contributed by atoms with Crippen LogP contribution in [0.2, 0.25) is 0 Å². The lowest BCUT2D eigenvalue weighted by molar-refractivity contribution is -0.144. The van der Waals surface area contributed by atoms with Gasteiger partial charge in [0, 0.05) is 18.9 Å². The molecule has 1 aromatic carbocycles. The summed E-state index contributed by atoms with van der Waals surface area (Å²) in [6.45, 7) is 14.9. The molecule has 4 aliphatic rings. The topological polar surface area (TPSA) is 193 Å². The number of nitrogens with two attached hydrogens (primary N) is 1. The van der Waals surface area contributed by atoms with Gasteiger partial charge in [0.2, 0.25) is 11.7 Å². The van der Waals surface area contributed by atoms with Crippen LogP contribution in [0.25, 0.3) is 0 Å². The van der Waals surface area contributed by atoms with E-state index in [2.05, 4.69) is 10.6 Å². The number of sulfonamides is 1. The minimum absolute atomic E-state index is 0.0520. The van der Waals surface area contributed by atoms with Crippen LogP contribution < -0.4 is 16.4 Å². The molecule has 4 N–H and O–H groups in total. The molecule has 2 aliphatic carbocycles. The third kappa shape index (κ3) is 7.30. The van der Waals surface area contributed by atoms with Crippen molar-refractivity contribution in [2.75, 3.05) is 13.1 Å². The van der Waals surface area contributed by atoms with Crippen LogP contribution >= 0.6 is 0 Å². The van der Waals surface area contributed by atoms with Gasteiger partial charge in [-0.15, -0.1) is 0 Å². The van der Waals surface area contributed by atoms with Crippen LogP contribution in [0.15, 0.2) is 29.2 Å². The van der Waals surface area contributed by atoms with Gasteiger partial charge in [-0.3, -0.25) is 24.0 Å². The number of likely N-dealkylation sites (tertiary alicyclic amines) is 1. The number of hydrogen-bond donors (Lipinski definition) is 3. The molecule has 5 amide bonds. The molecule has 1 aromatic rings. The summed E-state index contributed by atoms with van der Waals surface area (Å²) in [4.78, 5) is 81.7. The van der Waals surface area contributed by atoms with E-state index in [1.54, 1.807) is 53.7 Å². The van der Waals surface area contributed by atoms with Crippen molar-refractivity contribution in [2.45, 2.75) is 111 Å². The van der Waals surface area contributed by atoms with Crippen molar-refractivity contribution in [1.82, 2.24) is 19.8 Å². The highest BCUT2D eigenvalue weighted by Crippen LogP contribution is 2.65. The number of nitrogens with zero attached hydrogens (tertiary/aromatic N) is 2. The first kappa shape index (κ1) is 38.4. The maximum Gasteiger partial charge on any atom is 0.315 e. The molecule has 1 unspecified atom stereocenters. The highest BCUT2D eigenvalue weighted by atomic mass is 32.2. The number of ketones is 2. The number of Topliss-reactive ketones (excluding diaryl/α,β-unsaturated/α-hetero) is 2. The normalized spacial score (nSPS) is 25.2. The zero-order chi connectivity index (χ0) is 38.0. The second-order valence-electron chi connectivity index (χ2n) is 17.7. The van der Waals surface area contributed by atoms with E-state index in [1.807, 2.05) is 13.8 Å². The van der Waals surface area contributed by atoms with Gasteiger partial charge in [0.1, 0.15) is 10.9 Å². The van der Waals surface area contributed by atoms with Crippen molar-refractivity contribution in [1.29, 1.82) is 0 Å². The number of urea groups is 1. The van der Waals surface area contributed by atoms with E-state index in [0.717, 1.165) is 23.6 Å². The van der Waals surface area contributed by atoms with E-state index in [9.17, 15) is 37.2 Å². The lowest BCUT2D eigenvalue weighted by atomic mass is 9.76. The number of fused-ring (bicyclic) bond motifs is 2. The van der Waals surface area contributed by atoms with Crippen molar-refractivity contribution in [2.24, 2.45) is 45.7 Å². The quantitative estimate of drug-likeness (QED) is 0.273. The minimum Gasteiger partial charge on any atom is -0.363 e. The van der Waals surface area contributed by atoms with Crippen LogP contribution in [0.1, 0.15) is 97.9 Å². The fourth-order valence-corrected chi connectivity index (χ4v) is 9.70. The number of carbonyl (C=O) groups excluding carboxylic acids is 6. The molecule has 3 fully saturated rings. The Morgan fingerprint density at radius 2 is 1.61 bits per heavy atom. The van der Waals surface area contributed by atoms with Gasteiger partial charge in [0.15, 0.2) is 5.78 Å². The minimum atomic E-state index is -4.13. The number of hydrogen-bond acceptors (Lipinski definition) is 8. The molecule has 5 rings (SSSR count). The molecular formula is C37H53N5O8S. The van der Waals surface area contributed by atoms with Crippen LogP contribution in [0.3, 0.4) is 0 Å². The Morgan fingerprint density at radius 3 is 2.14 bits per heavy atom. The average molecular weight is 728 g/mol. The summed E-state index contributed by atoms with van der Waals surface area (Å²) in [5.74, 6) is -3.91. The van der Waals surface area contributed by atoms with E-state index >= 15 is 0 Å². The molecule has 2 heterocycles. The molecule has 0 aromatic heterocycles. The van der Waals surface area contributed by atoms with E-state index in [1.165, 1.54) is 17.0 Å². The number of amides is 5. The third-order valence-electron chi connectivity index (χ3n) is 11.7. The summed E-state index contributed by atoms with van der Waals surface area (Å²) in [5.41, 5.74) is 3.72. The van der Waals surface area contributed by atoms with Crippen LogP contribution in [0.5, 0.6) is 0 Å². The van der Waals surface area contributed by atoms with Crippen molar-refractivity contribution >= 4 is 45.3 Å². The molecule has 0 bridgehead atoms. The molecule has 14 heteroatoms. The van der Waals surface area contributed by atoms with Crippen LogP contribution in [0.4, 0.5) is 4.79 Å². The molecule has 0 spiro atoms. The lowest BCUT2D eigenvalue weighted by Gasteiger charge is -2.39. The van der Waals surface area contributed by atoms with Crippen molar-refractivity contribution in [3.8, 4) is 0 Å². The molecule has 2 aliphatic heterocycles. The van der Waals surface area contributed by atoms with E-state index < -0.39 is 74.4 Å². The molecule has 1 saturated heterocycles. The van der Waals surface area contributed by atoms with E-state index in [4.69, 9.17) is 5.73 Å². The van der Waals surface area contributed by atoms with Crippen LogP contribution in [-0.4, -0.2) is 84.2 Å². The average Bonchev–Trinajstić information content (AvgIpc) is 3.25. The zero-order valence-corrected chi connectivity index (χ0v) is 31.8. The maximum absolute atomic E-state index is 14.5. The van der Waals surface area contributed by atoms with Gasteiger partial charge in [0.05, 0.1) is 24.2 Å². The second-order valence-corrected chi connectivity index (χ2v) is 19.5. The molecule has 0 radical (unpaired) electrons. The molecule has 6 atom stereocenters. The fraction of sp³-hybridized carbons (Fsp3) is 0.676. The Kier molecular flexibility index (Phi) is 10.0. The molecule has 2 saturated carbocycles. The largest absolute Gasteiger partial charge is 0.363 e. The Morgan fingerprint density at radius 1 is 0.980 bits per heavy atom. The predicted molar refractivity (Wildman–Crippen MR) is 188 cm³/mol. The summed E-state index contributed by atoms with van der Waals surface area (Å²) >= 11 is 0. The Balaban J connectivity index is 1.34. The monoisotopic (exact) mass is 727 g/mol. The van der Waals surface area contributed by atoms with Gasteiger partial charge in [0.25, 0.3) is 21.8 Å². The zero-order valence-electron chi connectivity index (χ0n) is 30.9. The van der Waals surface area contributed by atoms with E-state index in [-0.39, 0.29) is 52.4 Å². The molecule has 13 nitrogen and oxygen atoms in total. The summed E-state index contributed by atoms with van der Waals surface area (Å²) in [5, 5.41) is 5.65. The standard InChI is InChI=1S/C37H53N5O8S/c1-35(2,3)26(19-42-32(46)22-14-9-10-15-25(22)51(42,49)50)39-34(48)40-30(36(4,5)6)33(47)41-18-23-27(37(23,7)8)28(41)24(43)17-21(29(44)31(38)45)16-20-12-11-13-20/h9-10,14-15,20-21,23,26-28,30H,11-13,16-19H2,1-8H3,(H2,38,45)(H2,39,40,48)/t21?,23-,26+,27-,28+,30+/m0/s1. The second kappa shape index (κ2) is 13.3. The van der Waals surface area contributed by atoms with Gasteiger partial charge in [-0.25, -0.2) is 17.5 Å². The van der Waals surface area contributed by atoms with Crippen LogP contribution in [-0.2, 0) is 29.2 Å². The number of carbonyl (C=O) groups is 6. The van der Waals surface area contributed by atoms with Gasteiger partial charge < -0.3 is 21.3 Å². The highest BCUT2D eigenvalue weighted by molar-refractivity contribution is 7.90. The molecular weight excluding hydrogens is 675 g/mol. The number of benzene rings is 1. The van der Waals surface area contributed by atoms with Crippen molar-refractivity contribution in [3.63, 3.8) is 0 Å². The highest BCUT2D eigenvalue weighted by Gasteiger charge is 2.69. The van der Waals surface area contributed by atoms with Gasteiger partial charge >= 0.3 is 6.03 Å². The number of primary amides is 1. The van der Waals surface area contributed by atoms with Crippen molar-refractivity contribution < 1.29 is 37.2 Å². The number of nitrogens with one attached hydrogen (secondary N) is 2.